The zero-order valence-electron chi connectivity index (χ0n) is 8.51. The van der Waals surface area contributed by atoms with Crippen molar-refractivity contribution in [1.29, 1.82) is 0 Å². The molecule has 0 saturated heterocycles. The molecule has 0 atom stereocenters. The average Bonchev–Trinajstić information content (AvgIpc) is 2.29. The van der Waals surface area contributed by atoms with Gasteiger partial charge < -0.3 is 0 Å². The van der Waals surface area contributed by atoms with Crippen molar-refractivity contribution in [2.24, 2.45) is 5.11 Å². The summed E-state index contributed by atoms with van der Waals surface area (Å²) in [7, 11) is 0. The van der Waals surface area contributed by atoms with Gasteiger partial charge in [0.2, 0.25) is 0 Å². The fourth-order valence-electron chi connectivity index (χ4n) is 1.76. The predicted molar refractivity (Wildman–Crippen MR) is 61.5 cm³/mol. The van der Waals surface area contributed by atoms with Crippen LogP contribution in [0.15, 0.2) is 41.5 Å². The Bertz CT molecular complexity index is 540. The van der Waals surface area contributed by atoms with Crippen LogP contribution in [-0.2, 0) is 6.54 Å². The number of rotatable bonds is 2. The van der Waals surface area contributed by atoms with Crippen LogP contribution >= 0.6 is 0 Å². The number of hydrogen-bond acceptors (Lipinski definition) is 1. The maximum atomic E-state index is 8.31. The van der Waals surface area contributed by atoms with Gasteiger partial charge in [-0.2, -0.15) is 0 Å². The second-order valence-electron chi connectivity index (χ2n) is 3.48. The summed E-state index contributed by atoms with van der Waals surface area (Å²) in [5.41, 5.74) is 10.6. The van der Waals surface area contributed by atoms with Crippen LogP contribution in [0.25, 0.3) is 21.2 Å². The van der Waals surface area contributed by atoms with E-state index in [1.165, 1.54) is 16.3 Å². The van der Waals surface area contributed by atoms with Crippen LogP contribution < -0.4 is 0 Å². The third kappa shape index (κ3) is 1.78. The third-order valence-corrected chi connectivity index (χ3v) is 2.54. The number of nitrogens with zero attached hydrogens (tertiary/aromatic N) is 3. The molecule has 0 N–H and O–H groups in total. The third-order valence-electron chi connectivity index (χ3n) is 2.54. The molecule has 2 rings (SSSR count). The smallest absolute Gasteiger partial charge is 0.0517 e. The first-order valence-corrected chi connectivity index (χ1v) is 4.81. The summed E-state index contributed by atoms with van der Waals surface area (Å²) in [6.07, 6.45) is 0. The lowest BCUT2D eigenvalue weighted by molar-refractivity contribution is 1.06. The lowest BCUT2D eigenvalue weighted by atomic mass is 10.0. The van der Waals surface area contributed by atoms with Gasteiger partial charge in [0, 0.05) is 4.91 Å². The van der Waals surface area contributed by atoms with Crippen LogP contribution in [0.3, 0.4) is 0 Å². The van der Waals surface area contributed by atoms with E-state index in [0.717, 1.165) is 5.56 Å². The zero-order chi connectivity index (χ0) is 10.7. The second-order valence-corrected chi connectivity index (χ2v) is 3.48. The molecule has 0 unspecified atom stereocenters. The van der Waals surface area contributed by atoms with Crippen LogP contribution in [0, 0.1) is 6.92 Å². The zero-order valence-corrected chi connectivity index (χ0v) is 8.51. The number of benzene rings is 2. The minimum Gasteiger partial charge on any atom is -0.0893 e. The molecule has 0 aliphatic heterocycles. The van der Waals surface area contributed by atoms with Crippen molar-refractivity contribution < 1.29 is 0 Å². The van der Waals surface area contributed by atoms with E-state index in [2.05, 4.69) is 35.1 Å². The molecule has 2 aromatic rings. The number of hydrogen-bond donors (Lipinski definition) is 0. The van der Waals surface area contributed by atoms with Crippen LogP contribution in [-0.4, -0.2) is 0 Å². The Hall–Kier alpha value is -1.99. The molecule has 2 aromatic carbocycles. The molecule has 0 aliphatic rings. The number of azide groups is 1. The van der Waals surface area contributed by atoms with Gasteiger partial charge in [0.15, 0.2) is 0 Å². The van der Waals surface area contributed by atoms with Gasteiger partial charge in [0.25, 0.3) is 0 Å². The summed E-state index contributed by atoms with van der Waals surface area (Å²) in [5.74, 6) is 0. The van der Waals surface area contributed by atoms with E-state index in [-0.39, 0.29) is 0 Å². The molecule has 0 spiro atoms. The van der Waals surface area contributed by atoms with E-state index in [4.69, 9.17) is 5.53 Å². The van der Waals surface area contributed by atoms with Gasteiger partial charge in [-0.25, -0.2) is 0 Å². The Kier molecular flexibility index (Phi) is 2.57. The Morgan fingerprint density at radius 2 is 1.87 bits per heavy atom. The summed E-state index contributed by atoms with van der Waals surface area (Å²) in [6.45, 7) is 2.50. The molecule has 0 aromatic heterocycles. The molecule has 0 amide bonds. The largest absolute Gasteiger partial charge is 0.0893 e. The highest BCUT2D eigenvalue weighted by molar-refractivity contribution is 5.88. The molecule has 0 saturated carbocycles. The molecule has 0 fully saturated rings. The first-order chi connectivity index (χ1) is 7.33. The SMILES string of the molecule is Cc1ccc(CN=[N+]=[N-])c2ccccc12. The fourth-order valence-corrected chi connectivity index (χ4v) is 1.76. The van der Waals surface area contributed by atoms with Gasteiger partial charge in [-0.15, -0.1) is 0 Å². The standard InChI is InChI=1S/C12H11N3/c1-9-6-7-10(8-14-15-13)12-5-3-2-4-11(9)12/h2-7H,8H2,1H3. The van der Waals surface area contributed by atoms with Crippen molar-refractivity contribution in [3.63, 3.8) is 0 Å². The summed E-state index contributed by atoms with van der Waals surface area (Å²) in [5, 5.41) is 6.00. The molecular formula is C12H11N3. The minimum absolute atomic E-state index is 0.414. The number of aryl methyl sites for hydroxylation is 1. The Balaban J connectivity index is 2.65. The van der Waals surface area contributed by atoms with Crippen LogP contribution in [0.2, 0.25) is 0 Å². The van der Waals surface area contributed by atoms with Crippen molar-refractivity contribution in [2.75, 3.05) is 0 Å². The Labute approximate surface area is 88.0 Å². The lowest BCUT2D eigenvalue weighted by Crippen LogP contribution is -1.86. The summed E-state index contributed by atoms with van der Waals surface area (Å²) >= 11 is 0. The molecule has 0 aliphatic carbocycles. The van der Waals surface area contributed by atoms with Crippen molar-refractivity contribution in [3.05, 3.63) is 58.0 Å². The highest BCUT2D eigenvalue weighted by atomic mass is 15.1. The molecule has 3 nitrogen and oxygen atoms in total. The van der Waals surface area contributed by atoms with Gasteiger partial charge in [0.05, 0.1) is 6.54 Å². The van der Waals surface area contributed by atoms with E-state index in [9.17, 15) is 0 Å². The fraction of sp³-hybridized carbons (Fsp3) is 0.167. The van der Waals surface area contributed by atoms with Gasteiger partial charge in [-0.05, 0) is 34.4 Å². The van der Waals surface area contributed by atoms with Crippen LogP contribution in [0.1, 0.15) is 11.1 Å². The molecule has 0 radical (unpaired) electrons. The molecule has 0 heterocycles. The molecule has 74 valence electrons. The maximum Gasteiger partial charge on any atom is 0.0517 e. The molecule has 0 bridgehead atoms. The average molecular weight is 197 g/mol. The van der Waals surface area contributed by atoms with Gasteiger partial charge in [-0.3, -0.25) is 0 Å². The second kappa shape index (κ2) is 4.03. The van der Waals surface area contributed by atoms with E-state index in [1.807, 2.05) is 18.2 Å². The van der Waals surface area contributed by atoms with Crippen molar-refractivity contribution in [3.8, 4) is 0 Å². The first kappa shape index (κ1) is 9.56. The highest BCUT2D eigenvalue weighted by Gasteiger charge is 2.01. The van der Waals surface area contributed by atoms with E-state index in [1.54, 1.807) is 0 Å². The topological polar surface area (TPSA) is 48.8 Å². The van der Waals surface area contributed by atoms with E-state index < -0.39 is 0 Å². The minimum atomic E-state index is 0.414. The Morgan fingerprint density at radius 3 is 2.60 bits per heavy atom. The molecular weight excluding hydrogens is 186 g/mol. The van der Waals surface area contributed by atoms with Crippen LogP contribution in [0.5, 0.6) is 0 Å². The summed E-state index contributed by atoms with van der Waals surface area (Å²) < 4.78 is 0. The van der Waals surface area contributed by atoms with Gasteiger partial charge in [0.1, 0.15) is 0 Å². The summed E-state index contributed by atoms with van der Waals surface area (Å²) in [6, 6.07) is 12.2. The van der Waals surface area contributed by atoms with Crippen molar-refractivity contribution >= 4 is 10.8 Å². The lowest BCUT2D eigenvalue weighted by Gasteiger charge is -2.06. The van der Waals surface area contributed by atoms with Crippen molar-refractivity contribution in [1.82, 2.24) is 0 Å². The summed E-state index contributed by atoms with van der Waals surface area (Å²) in [4.78, 5) is 2.79. The number of fused-ring (bicyclic) bond motifs is 1. The van der Waals surface area contributed by atoms with Crippen LogP contribution in [0.4, 0.5) is 0 Å². The molecule has 3 heteroatoms. The van der Waals surface area contributed by atoms with Crippen molar-refractivity contribution in [2.45, 2.75) is 13.5 Å². The van der Waals surface area contributed by atoms with E-state index in [0.29, 0.717) is 6.54 Å². The normalized spacial score (nSPS) is 9.93. The first-order valence-electron chi connectivity index (χ1n) is 4.81. The molecule has 15 heavy (non-hydrogen) atoms. The van der Waals surface area contributed by atoms with Gasteiger partial charge >= 0.3 is 0 Å². The quantitative estimate of drug-likeness (QED) is 0.397. The predicted octanol–water partition coefficient (Wildman–Crippen LogP) is 3.96. The monoisotopic (exact) mass is 197 g/mol. The highest BCUT2D eigenvalue weighted by Crippen LogP contribution is 2.22. The maximum absolute atomic E-state index is 8.31. The van der Waals surface area contributed by atoms with Gasteiger partial charge in [-0.1, -0.05) is 41.5 Å². The van der Waals surface area contributed by atoms with E-state index >= 15 is 0 Å². The Morgan fingerprint density at radius 1 is 1.13 bits per heavy atom.